The number of benzene rings is 1. The quantitative estimate of drug-likeness (QED) is 0.352. The Morgan fingerprint density at radius 2 is 2.09 bits per heavy atom. The molecule has 3 heteroatoms. The fourth-order valence-electron chi connectivity index (χ4n) is 1.07. The van der Waals surface area contributed by atoms with Crippen LogP contribution in [0.5, 0.6) is 0 Å². The molecule has 1 aromatic rings. The second-order valence-electron chi connectivity index (χ2n) is 2.23. The molecule has 1 aliphatic rings. The van der Waals surface area contributed by atoms with Crippen LogP contribution in [0.2, 0.25) is 0 Å². The number of rotatable bonds is 0. The molecule has 1 aromatic carbocycles. The minimum atomic E-state index is -0.199. The van der Waals surface area contributed by atoms with E-state index >= 15 is 0 Å². The van der Waals surface area contributed by atoms with Crippen molar-refractivity contribution in [3.8, 4) is 0 Å². The zero-order valence-electron chi connectivity index (χ0n) is 7.33. The van der Waals surface area contributed by atoms with Gasteiger partial charge in [0.25, 0.3) is 0 Å². The van der Waals surface area contributed by atoms with E-state index < -0.39 is 0 Å². The van der Waals surface area contributed by atoms with Gasteiger partial charge in [0.1, 0.15) is 6.61 Å². The number of cyclic esters (lactones) is 1. The van der Waals surface area contributed by atoms with Gasteiger partial charge in [0, 0.05) is 5.56 Å². The van der Waals surface area contributed by atoms with E-state index in [-0.39, 0.29) is 58.8 Å². The molecule has 1 aliphatic heterocycles. The molecule has 2 nitrogen and oxygen atoms in total. The van der Waals surface area contributed by atoms with Crippen LogP contribution in [0, 0.1) is 0 Å². The van der Waals surface area contributed by atoms with E-state index in [9.17, 15) is 4.79 Å². The van der Waals surface area contributed by atoms with Crippen molar-refractivity contribution < 1.29 is 62.3 Å². The average Bonchev–Trinajstić information content (AvgIpc) is 2.34. The summed E-state index contributed by atoms with van der Waals surface area (Å²) in [6.07, 6.45) is 0. The Bertz CT molecular complexity index is 288. The van der Waals surface area contributed by atoms with Gasteiger partial charge in [-0.05, 0) is 6.07 Å². The maximum Gasteiger partial charge on any atom is 1.00 e. The van der Waals surface area contributed by atoms with Gasteiger partial charge in [-0.2, -0.15) is 0 Å². The predicted octanol–water partition coefficient (Wildman–Crippen LogP) is -1.53. The zero-order valence-corrected chi connectivity index (χ0v) is 9.46. The van der Waals surface area contributed by atoms with E-state index in [0.717, 1.165) is 5.56 Å². The van der Waals surface area contributed by atoms with Crippen molar-refractivity contribution in [2.45, 2.75) is 6.61 Å². The first kappa shape index (κ1) is 9.41. The summed E-state index contributed by atoms with van der Waals surface area (Å²) < 4.78 is 4.78. The van der Waals surface area contributed by atoms with Crippen LogP contribution in [0.3, 0.4) is 0 Å². The summed E-state index contributed by atoms with van der Waals surface area (Å²) >= 11 is 0. The smallest absolute Gasteiger partial charge is 1.00 e. The molecule has 0 aliphatic carbocycles. The maximum absolute atomic E-state index is 10.8. The molecular formula is C8H7KO2. The molecular weight excluding hydrogens is 167 g/mol. The third-order valence-electron chi connectivity index (χ3n) is 1.60. The Morgan fingerprint density at radius 3 is 2.82 bits per heavy atom. The van der Waals surface area contributed by atoms with Gasteiger partial charge in [-0.15, -0.1) is 0 Å². The molecule has 0 amide bonds. The number of carbonyl (C=O) groups excluding carboxylic acids is 1. The molecule has 0 saturated carbocycles. The van der Waals surface area contributed by atoms with Crippen molar-refractivity contribution in [1.82, 2.24) is 0 Å². The normalized spacial score (nSPS) is 13.3. The fraction of sp³-hybridized carbons (Fsp3) is 0.125. The molecule has 0 unspecified atom stereocenters. The summed E-state index contributed by atoms with van der Waals surface area (Å²) in [5.41, 5.74) is 1.70. The largest absolute Gasteiger partial charge is 1.00 e. The number of fused-ring (bicyclic) bond motifs is 1. The molecule has 0 aromatic heterocycles. The number of hydrogen-bond donors (Lipinski definition) is 0. The van der Waals surface area contributed by atoms with E-state index in [1.54, 1.807) is 6.07 Å². The number of esters is 1. The van der Waals surface area contributed by atoms with Crippen LogP contribution in [0.1, 0.15) is 17.3 Å². The standard InChI is InChI=1S/C8H6O2.K.H/c9-8-7-4-2-1-3-6(7)5-10-8;;/h1-4H,5H2;;/q;+1;-1. The minimum absolute atomic E-state index is 0. The molecule has 52 valence electrons. The van der Waals surface area contributed by atoms with Gasteiger partial charge in [-0.1, -0.05) is 18.2 Å². The van der Waals surface area contributed by atoms with Crippen LogP contribution in [0.15, 0.2) is 24.3 Å². The monoisotopic (exact) mass is 174 g/mol. The molecule has 0 spiro atoms. The summed E-state index contributed by atoms with van der Waals surface area (Å²) in [7, 11) is 0. The molecule has 1 heterocycles. The third-order valence-corrected chi connectivity index (χ3v) is 1.60. The summed E-state index contributed by atoms with van der Waals surface area (Å²) in [6.45, 7) is 0.439. The zero-order chi connectivity index (χ0) is 6.97. The first-order valence-electron chi connectivity index (χ1n) is 3.13. The molecule has 0 radical (unpaired) electrons. The van der Waals surface area contributed by atoms with Gasteiger partial charge < -0.3 is 6.16 Å². The van der Waals surface area contributed by atoms with Gasteiger partial charge >= 0.3 is 57.4 Å². The van der Waals surface area contributed by atoms with Crippen molar-refractivity contribution in [1.29, 1.82) is 0 Å². The molecule has 0 N–H and O–H groups in total. The second-order valence-corrected chi connectivity index (χ2v) is 2.23. The SMILES string of the molecule is O=C1OCc2ccccc21.[H-].[K+]. The summed E-state index contributed by atoms with van der Waals surface area (Å²) in [4.78, 5) is 10.8. The summed E-state index contributed by atoms with van der Waals surface area (Å²) in [5, 5.41) is 0. The summed E-state index contributed by atoms with van der Waals surface area (Å²) in [6, 6.07) is 7.43. The van der Waals surface area contributed by atoms with Crippen LogP contribution >= 0.6 is 0 Å². The third kappa shape index (κ3) is 1.73. The topological polar surface area (TPSA) is 26.3 Å². The Balaban J connectivity index is 0.000000605. The molecule has 11 heavy (non-hydrogen) atoms. The Labute approximate surface area is 109 Å². The summed E-state index contributed by atoms with van der Waals surface area (Å²) in [5.74, 6) is -0.199. The Morgan fingerprint density at radius 1 is 1.36 bits per heavy atom. The number of hydrogen-bond acceptors (Lipinski definition) is 2. The van der Waals surface area contributed by atoms with Crippen molar-refractivity contribution in [2.24, 2.45) is 0 Å². The van der Waals surface area contributed by atoms with Gasteiger partial charge in [0.2, 0.25) is 0 Å². The number of carbonyl (C=O) groups is 1. The second kappa shape index (κ2) is 3.82. The van der Waals surface area contributed by atoms with Crippen molar-refractivity contribution in [2.75, 3.05) is 0 Å². The molecule has 0 fully saturated rings. The Kier molecular flexibility index (Phi) is 3.27. The van der Waals surface area contributed by atoms with E-state index in [1.807, 2.05) is 18.2 Å². The van der Waals surface area contributed by atoms with Crippen LogP contribution in [0.4, 0.5) is 0 Å². The van der Waals surface area contributed by atoms with Gasteiger partial charge in [-0.25, -0.2) is 4.79 Å². The Hall–Kier alpha value is 0.326. The number of ether oxygens (including phenoxy) is 1. The van der Waals surface area contributed by atoms with Crippen molar-refractivity contribution >= 4 is 5.97 Å². The van der Waals surface area contributed by atoms with Gasteiger partial charge in [-0.3, -0.25) is 0 Å². The predicted molar refractivity (Wildman–Crippen MR) is 36.7 cm³/mol. The van der Waals surface area contributed by atoms with E-state index in [2.05, 4.69) is 0 Å². The van der Waals surface area contributed by atoms with Crippen molar-refractivity contribution in [3.05, 3.63) is 35.4 Å². The van der Waals surface area contributed by atoms with E-state index in [1.165, 1.54) is 0 Å². The molecule has 0 saturated heterocycles. The van der Waals surface area contributed by atoms with Gasteiger partial charge in [0.15, 0.2) is 0 Å². The maximum atomic E-state index is 10.8. The first-order chi connectivity index (χ1) is 4.88. The van der Waals surface area contributed by atoms with Crippen LogP contribution in [-0.4, -0.2) is 5.97 Å². The molecule has 0 bridgehead atoms. The van der Waals surface area contributed by atoms with Crippen LogP contribution in [-0.2, 0) is 11.3 Å². The first-order valence-corrected chi connectivity index (χ1v) is 3.13. The van der Waals surface area contributed by atoms with E-state index in [4.69, 9.17) is 4.74 Å². The van der Waals surface area contributed by atoms with Gasteiger partial charge in [0.05, 0.1) is 5.56 Å². The van der Waals surface area contributed by atoms with Crippen LogP contribution in [0.25, 0.3) is 0 Å². The van der Waals surface area contributed by atoms with E-state index in [0.29, 0.717) is 12.2 Å². The average molecular weight is 174 g/mol. The minimum Gasteiger partial charge on any atom is -1.00 e. The van der Waals surface area contributed by atoms with Crippen molar-refractivity contribution in [3.63, 3.8) is 0 Å². The fourth-order valence-corrected chi connectivity index (χ4v) is 1.07. The molecule has 2 rings (SSSR count). The molecule has 0 atom stereocenters. The van der Waals surface area contributed by atoms with Crippen LogP contribution < -0.4 is 51.4 Å².